The van der Waals surface area contributed by atoms with Gasteiger partial charge in [0.1, 0.15) is 5.78 Å². The average Bonchev–Trinajstić information content (AvgIpc) is 2.69. The first-order valence-electron chi connectivity index (χ1n) is 10.3. The van der Waals surface area contributed by atoms with Gasteiger partial charge < -0.3 is 5.73 Å². The van der Waals surface area contributed by atoms with Crippen LogP contribution in [0.25, 0.3) is 0 Å². The first kappa shape index (κ1) is 23.9. The fraction of sp³-hybridized carbons (Fsp3) is 0.458. The van der Waals surface area contributed by atoms with Crippen LogP contribution < -0.4 is 5.73 Å². The summed E-state index contributed by atoms with van der Waals surface area (Å²) in [6, 6.07) is 19.7. The molecule has 2 aliphatic rings. The van der Waals surface area contributed by atoms with E-state index in [4.69, 9.17) is 5.73 Å². The lowest BCUT2D eigenvalue weighted by Crippen LogP contribution is -2.36. The number of benzene rings is 2. The minimum Gasteiger partial charge on any atom is -0.330 e. The molecular formula is C24H32Cl2N2O. The molecule has 1 atom stereocenters. The van der Waals surface area contributed by atoms with Gasteiger partial charge in [-0.2, -0.15) is 0 Å². The molecule has 2 aromatic carbocycles. The Bertz CT molecular complexity index is 750. The van der Waals surface area contributed by atoms with E-state index in [1.54, 1.807) is 0 Å². The van der Waals surface area contributed by atoms with Gasteiger partial charge in [0, 0.05) is 19.4 Å². The smallest absolute Gasteiger partial charge is 0.134 e. The number of nitrogens with two attached hydrogens (primary N) is 1. The molecule has 2 N–H and O–H groups in total. The summed E-state index contributed by atoms with van der Waals surface area (Å²) in [4.78, 5) is 13.8. The molecule has 4 rings (SSSR count). The topological polar surface area (TPSA) is 46.3 Å². The lowest BCUT2D eigenvalue weighted by atomic mass is 9.79. The van der Waals surface area contributed by atoms with Gasteiger partial charge in [-0.05, 0) is 66.9 Å². The van der Waals surface area contributed by atoms with E-state index in [1.165, 1.54) is 29.5 Å². The molecule has 1 aliphatic heterocycles. The average molecular weight is 435 g/mol. The summed E-state index contributed by atoms with van der Waals surface area (Å²) < 4.78 is 0. The van der Waals surface area contributed by atoms with Gasteiger partial charge in [0.15, 0.2) is 0 Å². The number of carbonyl (C=O) groups excluding carboxylic acids is 1. The zero-order valence-electron chi connectivity index (χ0n) is 16.8. The Labute approximate surface area is 186 Å². The maximum absolute atomic E-state index is 11.2. The number of nitrogens with zero attached hydrogens (tertiary/aromatic N) is 1. The van der Waals surface area contributed by atoms with Gasteiger partial charge in [-0.3, -0.25) is 9.69 Å². The van der Waals surface area contributed by atoms with E-state index in [1.807, 2.05) is 0 Å². The molecule has 158 valence electrons. The van der Waals surface area contributed by atoms with Crippen LogP contribution in [0.4, 0.5) is 0 Å². The van der Waals surface area contributed by atoms with Gasteiger partial charge in [0.25, 0.3) is 0 Å². The van der Waals surface area contributed by atoms with E-state index in [0.29, 0.717) is 23.5 Å². The quantitative estimate of drug-likeness (QED) is 0.700. The SMILES string of the molecule is Cl.Cl.NCC(c1ccccc1)C1CCN(Cc2ccc(C3CC(=O)C3)cc2)CC1. The van der Waals surface area contributed by atoms with Crippen molar-refractivity contribution in [2.45, 2.75) is 44.1 Å². The molecule has 3 nitrogen and oxygen atoms in total. The highest BCUT2D eigenvalue weighted by Crippen LogP contribution is 2.34. The molecule has 0 aromatic heterocycles. The van der Waals surface area contributed by atoms with E-state index >= 15 is 0 Å². The van der Waals surface area contributed by atoms with Crippen LogP contribution in [0, 0.1) is 5.92 Å². The van der Waals surface area contributed by atoms with E-state index in [0.717, 1.165) is 39.0 Å². The van der Waals surface area contributed by atoms with Crippen LogP contribution in [0.5, 0.6) is 0 Å². The monoisotopic (exact) mass is 434 g/mol. The zero-order valence-corrected chi connectivity index (χ0v) is 18.5. The lowest BCUT2D eigenvalue weighted by Gasteiger charge is -2.36. The number of ketones is 1. The molecule has 1 unspecified atom stereocenters. The minimum atomic E-state index is 0. The van der Waals surface area contributed by atoms with E-state index in [-0.39, 0.29) is 24.8 Å². The lowest BCUT2D eigenvalue weighted by molar-refractivity contribution is -0.124. The Kier molecular flexibility index (Phi) is 9.16. The first-order chi connectivity index (χ1) is 13.2. The highest BCUT2D eigenvalue weighted by Gasteiger charge is 2.28. The van der Waals surface area contributed by atoms with Gasteiger partial charge in [-0.15, -0.1) is 24.8 Å². The van der Waals surface area contributed by atoms with Crippen molar-refractivity contribution in [3.8, 4) is 0 Å². The van der Waals surface area contributed by atoms with Crippen LogP contribution in [-0.4, -0.2) is 30.3 Å². The van der Waals surface area contributed by atoms with Crippen molar-refractivity contribution in [3.05, 3.63) is 71.3 Å². The predicted octanol–water partition coefficient (Wildman–Crippen LogP) is 4.93. The summed E-state index contributed by atoms with van der Waals surface area (Å²) in [6.07, 6.45) is 3.91. The molecule has 1 heterocycles. The number of rotatable bonds is 6. The number of likely N-dealkylation sites (tertiary alicyclic amines) is 1. The Morgan fingerprint density at radius 3 is 2.10 bits per heavy atom. The van der Waals surface area contributed by atoms with Crippen LogP contribution in [0.3, 0.4) is 0 Å². The molecular weight excluding hydrogens is 403 g/mol. The van der Waals surface area contributed by atoms with Crippen molar-refractivity contribution >= 4 is 30.6 Å². The summed E-state index contributed by atoms with van der Waals surface area (Å²) in [5, 5.41) is 0. The summed E-state index contributed by atoms with van der Waals surface area (Å²) in [7, 11) is 0. The van der Waals surface area contributed by atoms with Crippen LogP contribution in [-0.2, 0) is 11.3 Å². The third-order valence-electron chi connectivity index (χ3n) is 6.49. The summed E-state index contributed by atoms with van der Waals surface area (Å²) in [5.41, 5.74) is 10.2. The minimum absolute atomic E-state index is 0. The van der Waals surface area contributed by atoms with Crippen LogP contribution in [0.1, 0.15) is 54.2 Å². The third kappa shape index (κ3) is 5.82. The van der Waals surface area contributed by atoms with E-state index in [2.05, 4.69) is 59.5 Å². The second-order valence-electron chi connectivity index (χ2n) is 8.25. The molecule has 0 amide bonds. The molecule has 2 aromatic rings. The fourth-order valence-corrected chi connectivity index (χ4v) is 4.69. The van der Waals surface area contributed by atoms with Crippen LogP contribution >= 0.6 is 24.8 Å². The summed E-state index contributed by atoms with van der Waals surface area (Å²) in [6.45, 7) is 4.05. The fourth-order valence-electron chi connectivity index (χ4n) is 4.69. The van der Waals surface area contributed by atoms with Gasteiger partial charge in [-0.1, -0.05) is 54.6 Å². The number of halogens is 2. The van der Waals surface area contributed by atoms with E-state index < -0.39 is 0 Å². The molecule has 1 saturated heterocycles. The normalized spacial score (nSPS) is 19.0. The number of Topliss-reactive ketones (excluding diaryl/α,β-unsaturated/α-hetero) is 1. The number of hydrogen-bond donors (Lipinski definition) is 1. The largest absolute Gasteiger partial charge is 0.330 e. The molecule has 2 fully saturated rings. The predicted molar refractivity (Wildman–Crippen MR) is 124 cm³/mol. The Morgan fingerprint density at radius 2 is 1.55 bits per heavy atom. The second kappa shape index (κ2) is 11.1. The number of piperidine rings is 1. The van der Waals surface area contributed by atoms with Gasteiger partial charge in [0.05, 0.1) is 0 Å². The first-order valence-corrected chi connectivity index (χ1v) is 10.3. The Morgan fingerprint density at radius 1 is 0.931 bits per heavy atom. The van der Waals surface area contributed by atoms with Crippen molar-refractivity contribution in [2.75, 3.05) is 19.6 Å². The van der Waals surface area contributed by atoms with Crippen molar-refractivity contribution in [3.63, 3.8) is 0 Å². The van der Waals surface area contributed by atoms with Gasteiger partial charge >= 0.3 is 0 Å². The van der Waals surface area contributed by atoms with Crippen molar-refractivity contribution in [2.24, 2.45) is 11.7 Å². The Hall–Kier alpha value is -1.39. The van der Waals surface area contributed by atoms with Crippen molar-refractivity contribution in [1.82, 2.24) is 4.90 Å². The molecule has 1 aliphatic carbocycles. The van der Waals surface area contributed by atoms with E-state index in [9.17, 15) is 4.79 Å². The van der Waals surface area contributed by atoms with Gasteiger partial charge in [0.2, 0.25) is 0 Å². The summed E-state index contributed by atoms with van der Waals surface area (Å²) in [5.74, 6) is 2.04. The molecule has 29 heavy (non-hydrogen) atoms. The number of carbonyl (C=O) groups is 1. The maximum atomic E-state index is 11.2. The highest BCUT2D eigenvalue weighted by molar-refractivity contribution is 5.86. The summed E-state index contributed by atoms with van der Waals surface area (Å²) >= 11 is 0. The standard InChI is InChI=1S/C24H30N2O.2ClH/c25-16-24(20-4-2-1-3-5-20)21-10-12-26(13-11-21)17-18-6-8-19(9-7-18)22-14-23(27)15-22;;/h1-9,21-22,24H,10-17,25H2;2*1H. The number of hydrogen-bond acceptors (Lipinski definition) is 3. The van der Waals surface area contributed by atoms with Gasteiger partial charge in [-0.25, -0.2) is 0 Å². The molecule has 0 bridgehead atoms. The maximum Gasteiger partial charge on any atom is 0.134 e. The molecule has 1 saturated carbocycles. The second-order valence-corrected chi connectivity index (χ2v) is 8.25. The molecule has 0 spiro atoms. The molecule has 0 radical (unpaired) electrons. The Balaban J connectivity index is 0.00000150. The van der Waals surface area contributed by atoms with Crippen LogP contribution in [0.2, 0.25) is 0 Å². The van der Waals surface area contributed by atoms with Crippen LogP contribution in [0.15, 0.2) is 54.6 Å². The van der Waals surface area contributed by atoms with Crippen molar-refractivity contribution in [1.29, 1.82) is 0 Å². The molecule has 5 heteroatoms. The third-order valence-corrected chi connectivity index (χ3v) is 6.49. The van der Waals surface area contributed by atoms with Crippen molar-refractivity contribution < 1.29 is 4.79 Å². The highest BCUT2D eigenvalue weighted by atomic mass is 35.5. The zero-order chi connectivity index (χ0) is 18.6.